The van der Waals surface area contributed by atoms with Crippen LogP contribution in [-0.2, 0) is 0 Å². The molecule has 0 saturated heterocycles. The maximum Gasteiger partial charge on any atom is 0.0443 e. The first-order chi connectivity index (χ1) is 6.24. The zero-order chi connectivity index (χ0) is 9.68. The number of halogens is 1. The molecule has 1 rings (SSSR count). The van der Waals surface area contributed by atoms with Gasteiger partial charge in [0.25, 0.3) is 0 Å². The minimum atomic E-state index is 0.262. The van der Waals surface area contributed by atoms with E-state index < -0.39 is 0 Å². The van der Waals surface area contributed by atoms with Crippen molar-refractivity contribution in [2.45, 2.75) is 31.7 Å². The number of hydrogen-bond donors (Lipinski definition) is 1. The van der Waals surface area contributed by atoms with E-state index in [1.54, 1.807) is 0 Å². The lowest BCUT2D eigenvalue weighted by atomic mass is 9.91. The Balaban J connectivity index is 2.28. The highest BCUT2D eigenvalue weighted by Gasteiger charge is 2.24. The Morgan fingerprint density at radius 1 is 1.54 bits per heavy atom. The quantitative estimate of drug-likeness (QED) is 0.714. The summed E-state index contributed by atoms with van der Waals surface area (Å²) in [5.41, 5.74) is 0. The molecule has 1 aliphatic carbocycles. The summed E-state index contributed by atoms with van der Waals surface area (Å²) in [6, 6.07) is 0.682. The van der Waals surface area contributed by atoms with E-state index in [1.807, 2.05) is 0 Å². The molecule has 0 aliphatic heterocycles. The van der Waals surface area contributed by atoms with Gasteiger partial charge in [-0.05, 0) is 19.3 Å². The molecule has 0 atom stereocenters. The van der Waals surface area contributed by atoms with Gasteiger partial charge < -0.3 is 5.11 Å². The molecule has 0 amide bonds. The monoisotopic (exact) mass is 203 g/mol. The number of hydrogen-bond acceptors (Lipinski definition) is 2. The van der Waals surface area contributed by atoms with Gasteiger partial charge in [0.15, 0.2) is 0 Å². The third kappa shape index (κ3) is 3.67. The van der Waals surface area contributed by atoms with Crippen LogP contribution in [0.3, 0.4) is 0 Å². The van der Waals surface area contributed by atoms with Crippen LogP contribution >= 0.6 is 11.6 Å². The van der Waals surface area contributed by atoms with Crippen molar-refractivity contribution in [1.29, 1.82) is 0 Å². The van der Waals surface area contributed by atoms with Gasteiger partial charge in [0.05, 0.1) is 0 Å². The van der Waals surface area contributed by atoms with Gasteiger partial charge in [0, 0.05) is 30.8 Å². The fourth-order valence-corrected chi connectivity index (χ4v) is 1.79. The SMILES string of the molecule is C=C(Cl)CN(CCCO)C1CCC1. The van der Waals surface area contributed by atoms with Crippen molar-refractivity contribution in [3.8, 4) is 0 Å². The van der Waals surface area contributed by atoms with E-state index in [4.69, 9.17) is 16.7 Å². The van der Waals surface area contributed by atoms with E-state index in [2.05, 4.69) is 11.5 Å². The normalized spacial score (nSPS) is 17.5. The molecule has 1 saturated carbocycles. The Morgan fingerprint density at radius 2 is 2.23 bits per heavy atom. The number of aliphatic hydroxyl groups excluding tert-OH is 1. The molecule has 0 radical (unpaired) electrons. The van der Waals surface area contributed by atoms with E-state index in [0.717, 1.165) is 19.5 Å². The van der Waals surface area contributed by atoms with Crippen molar-refractivity contribution >= 4 is 11.6 Å². The first kappa shape index (κ1) is 11.0. The van der Waals surface area contributed by atoms with Crippen LogP contribution in [0.4, 0.5) is 0 Å². The van der Waals surface area contributed by atoms with Gasteiger partial charge in [-0.2, -0.15) is 0 Å². The Bertz CT molecular complexity index is 168. The van der Waals surface area contributed by atoms with Crippen molar-refractivity contribution in [1.82, 2.24) is 4.90 Å². The van der Waals surface area contributed by atoms with Crippen LogP contribution in [-0.4, -0.2) is 35.7 Å². The Hall–Kier alpha value is -0.0500. The number of nitrogens with zero attached hydrogens (tertiary/aromatic N) is 1. The molecule has 76 valence electrons. The topological polar surface area (TPSA) is 23.5 Å². The smallest absolute Gasteiger partial charge is 0.0443 e. The van der Waals surface area contributed by atoms with Crippen LogP contribution in [0, 0.1) is 0 Å². The highest BCUT2D eigenvalue weighted by molar-refractivity contribution is 6.29. The summed E-state index contributed by atoms with van der Waals surface area (Å²) in [7, 11) is 0. The lowest BCUT2D eigenvalue weighted by molar-refractivity contribution is 0.129. The number of rotatable bonds is 6. The Morgan fingerprint density at radius 3 is 2.62 bits per heavy atom. The molecule has 2 nitrogen and oxygen atoms in total. The van der Waals surface area contributed by atoms with Gasteiger partial charge in [-0.15, -0.1) is 0 Å². The van der Waals surface area contributed by atoms with Crippen LogP contribution in [0.5, 0.6) is 0 Å². The molecule has 0 spiro atoms. The molecule has 1 fully saturated rings. The molecular formula is C10H18ClNO. The summed E-state index contributed by atoms with van der Waals surface area (Å²) in [4.78, 5) is 2.33. The maximum absolute atomic E-state index is 8.74. The predicted octanol–water partition coefficient (Wildman–Crippen LogP) is 1.98. The summed E-state index contributed by atoms with van der Waals surface area (Å²) >= 11 is 5.78. The lowest BCUT2D eigenvalue weighted by Gasteiger charge is -2.37. The van der Waals surface area contributed by atoms with Crippen molar-refractivity contribution in [3.63, 3.8) is 0 Å². The van der Waals surface area contributed by atoms with Gasteiger partial charge in [0.1, 0.15) is 0 Å². The summed E-state index contributed by atoms with van der Waals surface area (Å²) < 4.78 is 0. The van der Waals surface area contributed by atoms with E-state index in [9.17, 15) is 0 Å². The zero-order valence-corrected chi connectivity index (χ0v) is 8.76. The first-order valence-electron chi connectivity index (χ1n) is 4.92. The van der Waals surface area contributed by atoms with Crippen LogP contribution in [0.15, 0.2) is 11.6 Å². The van der Waals surface area contributed by atoms with Crippen LogP contribution < -0.4 is 0 Å². The largest absolute Gasteiger partial charge is 0.396 e. The van der Waals surface area contributed by atoms with Crippen molar-refractivity contribution in [2.24, 2.45) is 0 Å². The molecule has 1 aliphatic rings. The highest BCUT2D eigenvalue weighted by Crippen LogP contribution is 2.25. The molecule has 0 aromatic carbocycles. The molecule has 0 aromatic heterocycles. The molecule has 1 N–H and O–H groups in total. The summed E-state index contributed by atoms with van der Waals surface area (Å²) in [6.45, 7) is 5.67. The average molecular weight is 204 g/mol. The van der Waals surface area contributed by atoms with Crippen LogP contribution in [0.25, 0.3) is 0 Å². The van der Waals surface area contributed by atoms with E-state index >= 15 is 0 Å². The molecule has 0 unspecified atom stereocenters. The van der Waals surface area contributed by atoms with Gasteiger partial charge in [-0.25, -0.2) is 0 Å². The number of aliphatic hydroxyl groups is 1. The molecule has 0 aromatic rings. The maximum atomic E-state index is 8.74. The second-order valence-corrected chi connectivity index (χ2v) is 4.18. The molecular weight excluding hydrogens is 186 g/mol. The molecule has 0 bridgehead atoms. The zero-order valence-electron chi connectivity index (χ0n) is 8.01. The standard InChI is InChI=1S/C10H18ClNO/c1-9(11)8-12(6-3-7-13)10-4-2-5-10/h10,13H,1-8H2. The van der Waals surface area contributed by atoms with Gasteiger partial charge in [0.2, 0.25) is 0 Å². The average Bonchev–Trinajstić information content (AvgIpc) is 1.95. The van der Waals surface area contributed by atoms with E-state index in [0.29, 0.717) is 11.1 Å². The second kappa shape index (κ2) is 5.63. The fraction of sp³-hybridized carbons (Fsp3) is 0.800. The molecule has 13 heavy (non-hydrogen) atoms. The van der Waals surface area contributed by atoms with E-state index in [1.165, 1.54) is 19.3 Å². The van der Waals surface area contributed by atoms with Gasteiger partial charge in [-0.3, -0.25) is 4.90 Å². The predicted molar refractivity (Wildman–Crippen MR) is 55.9 cm³/mol. The first-order valence-corrected chi connectivity index (χ1v) is 5.30. The summed E-state index contributed by atoms with van der Waals surface area (Å²) in [5.74, 6) is 0. The minimum Gasteiger partial charge on any atom is -0.396 e. The van der Waals surface area contributed by atoms with Gasteiger partial charge in [-0.1, -0.05) is 24.6 Å². The Labute approximate surface area is 85.2 Å². The van der Waals surface area contributed by atoms with Crippen molar-refractivity contribution in [2.75, 3.05) is 19.7 Å². The van der Waals surface area contributed by atoms with Crippen LogP contribution in [0.2, 0.25) is 0 Å². The van der Waals surface area contributed by atoms with Gasteiger partial charge >= 0.3 is 0 Å². The third-order valence-electron chi connectivity index (χ3n) is 2.57. The summed E-state index contributed by atoms with van der Waals surface area (Å²) in [6.07, 6.45) is 4.71. The van der Waals surface area contributed by atoms with Crippen molar-refractivity contribution in [3.05, 3.63) is 11.6 Å². The molecule has 0 heterocycles. The van der Waals surface area contributed by atoms with E-state index in [-0.39, 0.29) is 6.61 Å². The Kier molecular flexibility index (Phi) is 4.78. The minimum absolute atomic E-state index is 0.262. The highest BCUT2D eigenvalue weighted by atomic mass is 35.5. The summed E-state index contributed by atoms with van der Waals surface area (Å²) in [5, 5.41) is 9.44. The van der Waals surface area contributed by atoms with Crippen LogP contribution in [0.1, 0.15) is 25.7 Å². The van der Waals surface area contributed by atoms with Crippen molar-refractivity contribution < 1.29 is 5.11 Å². The molecule has 3 heteroatoms. The third-order valence-corrected chi connectivity index (χ3v) is 2.69. The lowest BCUT2D eigenvalue weighted by Crippen LogP contribution is -2.41. The fourth-order valence-electron chi connectivity index (χ4n) is 1.64. The second-order valence-electron chi connectivity index (χ2n) is 3.65.